The fourth-order valence-electron chi connectivity index (χ4n) is 3.41. The van der Waals surface area contributed by atoms with E-state index in [4.69, 9.17) is 11.6 Å². The topological polar surface area (TPSA) is 111 Å². The Morgan fingerprint density at radius 3 is 2.76 bits per heavy atom. The smallest absolute Gasteiger partial charge is 0.330 e. The van der Waals surface area contributed by atoms with Crippen molar-refractivity contribution in [2.45, 2.75) is 19.0 Å². The van der Waals surface area contributed by atoms with E-state index in [0.717, 1.165) is 22.5 Å². The number of hydrogen-bond donors (Lipinski definition) is 3. The number of pyridine rings is 1. The van der Waals surface area contributed by atoms with E-state index in [-0.39, 0.29) is 0 Å². The number of rotatable bonds is 4. The monoisotopic (exact) mass is 411 g/mol. The van der Waals surface area contributed by atoms with Gasteiger partial charge in [0.1, 0.15) is 0 Å². The highest BCUT2D eigenvalue weighted by atomic mass is 35.5. The summed E-state index contributed by atoms with van der Waals surface area (Å²) in [4.78, 5) is 30.2. The lowest BCUT2D eigenvalue weighted by molar-refractivity contribution is -0.139. The zero-order valence-electron chi connectivity index (χ0n) is 15.3. The summed E-state index contributed by atoms with van der Waals surface area (Å²) in [5.74, 6) is -1.15. The van der Waals surface area contributed by atoms with E-state index in [1.807, 2.05) is 12.1 Å². The quantitative estimate of drug-likeness (QED) is 0.611. The van der Waals surface area contributed by atoms with E-state index in [2.05, 4.69) is 20.5 Å². The first kappa shape index (κ1) is 18.9. The van der Waals surface area contributed by atoms with Gasteiger partial charge < -0.3 is 15.3 Å². The lowest BCUT2D eigenvalue weighted by Crippen LogP contribution is -2.45. The Bertz CT molecular complexity index is 1050. The normalized spacial score (nSPS) is 14.2. The number of nitrogens with zero attached hydrogens (tertiary/aromatic N) is 3. The summed E-state index contributed by atoms with van der Waals surface area (Å²) in [5, 5.41) is 20.0. The van der Waals surface area contributed by atoms with Crippen molar-refractivity contribution < 1.29 is 14.7 Å². The lowest BCUT2D eigenvalue weighted by Gasteiger charge is -2.29. The molecule has 0 fully saturated rings. The fraction of sp³-hybridized carbons (Fsp3) is 0.200. The van der Waals surface area contributed by atoms with Gasteiger partial charge in [-0.05, 0) is 29.8 Å². The molecule has 1 atom stereocenters. The number of halogens is 1. The van der Waals surface area contributed by atoms with Gasteiger partial charge in [-0.15, -0.1) is 0 Å². The molecule has 4 rings (SSSR count). The third-order valence-electron chi connectivity index (χ3n) is 4.87. The van der Waals surface area contributed by atoms with Gasteiger partial charge in [-0.3, -0.25) is 10.1 Å². The van der Waals surface area contributed by atoms with Gasteiger partial charge in [-0.2, -0.15) is 5.10 Å². The number of benzene rings is 1. The molecule has 0 bridgehead atoms. The summed E-state index contributed by atoms with van der Waals surface area (Å²) in [6.45, 7) is 0.788. The molecule has 3 heterocycles. The van der Waals surface area contributed by atoms with Crippen LogP contribution >= 0.6 is 11.6 Å². The van der Waals surface area contributed by atoms with Crippen molar-refractivity contribution in [2.24, 2.45) is 0 Å². The zero-order valence-corrected chi connectivity index (χ0v) is 16.1. The van der Waals surface area contributed by atoms with Crippen LogP contribution in [0.3, 0.4) is 0 Å². The molecular formula is C20H18ClN5O3. The molecule has 1 unspecified atom stereocenters. The van der Waals surface area contributed by atoms with Gasteiger partial charge in [0.25, 0.3) is 0 Å². The van der Waals surface area contributed by atoms with Crippen LogP contribution in [0.1, 0.15) is 22.9 Å². The van der Waals surface area contributed by atoms with Crippen LogP contribution in [0.2, 0.25) is 5.02 Å². The molecule has 0 aliphatic carbocycles. The van der Waals surface area contributed by atoms with Crippen molar-refractivity contribution in [3.8, 4) is 11.3 Å². The number of carbonyl (C=O) groups is 2. The third-order valence-corrected chi connectivity index (χ3v) is 5.11. The number of amides is 2. The van der Waals surface area contributed by atoms with Gasteiger partial charge in [0.2, 0.25) is 0 Å². The van der Waals surface area contributed by atoms with Crippen LogP contribution in [0.5, 0.6) is 0 Å². The van der Waals surface area contributed by atoms with Gasteiger partial charge in [0.05, 0.1) is 12.2 Å². The van der Waals surface area contributed by atoms with E-state index in [1.54, 1.807) is 35.5 Å². The Morgan fingerprint density at radius 1 is 1.24 bits per heavy atom. The lowest BCUT2D eigenvalue weighted by atomic mass is 10.0. The first-order valence-electron chi connectivity index (χ1n) is 9.03. The molecule has 29 heavy (non-hydrogen) atoms. The summed E-state index contributed by atoms with van der Waals surface area (Å²) in [7, 11) is 0. The molecule has 148 valence electrons. The number of carboxylic acid groups (broad SMARTS) is 1. The minimum atomic E-state index is -1.19. The molecule has 1 aliphatic rings. The molecule has 3 N–H and O–H groups in total. The van der Waals surface area contributed by atoms with Gasteiger partial charge in [-0.25, -0.2) is 9.59 Å². The Hall–Kier alpha value is -3.39. The summed E-state index contributed by atoms with van der Waals surface area (Å²) in [6, 6.07) is 8.53. The van der Waals surface area contributed by atoms with E-state index in [9.17, 15) is 14.7 Å². The first-order valence-corrected chi connectivity index (χ1v) is 9.41. The van der Waals surface area contributed by atoms with Crippen molar-refractivity contribution in [3.63, 3.8) is 0 Å². The van der Waals surface area contributed by atoms with E-state index in [1.165, 1.54) is 6.07 Å². The maximum absolute atomic E-state index is 12.8. The number of aromatic amines is 1. The number of urea groups is 1. The second-order valence-corrected chi connectivity index (χ2v) is 7.15. The van der Waals surface area contributed by atoms with Gasteiger partial charge in [0, 0.05) is 47.2 Å². The molecule has 0 spiro atoms. The van der Waals surface area contributed by atoms with Crippen molar-refractivity contribution in [1.82, 2.24) is 25.4 Å². The molecule has 0 saturated heterocycles. The predicted molar refractivity (Wildman–Crippen MR) is 106 cm³/mol. The second-order valence-electron chi connectivity index (χ2n) is 6.71. The van der Waals surface area contributed by atoms with Gasteiger partial charge in [0.15, 0.2) is 6.04 Å². The van der Waals surface area contributed by atoms with Crippen LogP contribution in [-0.2, 0) is 17.8 Å². The van der Waals surface area contributed by atoms with Gasteiger partial charge in [-0.1, -0.05) is 23.7 Å². The Kier molecular flexibility index (Phi) is 5.18. The van der Waals surface area contributed by atoms with Crippen LogP contribution in [0.25, 0.3) is 11.3 Å². The number of nitrogens with one attached hydrogen (secondary N) is 2. The SMILES string of the molecule is O=C(O)C(NC(=O)N1CCc2[nH]nc(-c3ccncc3)c2C1)c1cccc(Cl)c1. The zero-order chi connectivity index (χ0) is 20.4. The van der Waals surface area contributed by atoms with E-state index >= 15 is 0 Å². The van der Waals surface area contributed by atoms with Crippen LogP contribution < -0.4 is 5.32 Å². The second kappa shape index (κ2) is 7.92. The molecule has 0 saturated carbocycles. The Morgan fingerprint density at radius 2 is 2.03 bits per heavy atom. The Balaban J connectivity index is 1.54. The number of H-pyrrole nitrogens is 1. The molecule has 9 heteroatoms. The highest BCUT2D eigenvalue weighted by Gasteiger charge is 2.29. The summed E-state index contributed by atoms with van der Waals surface area (Å²) in [5.41, 5.74) is 3.99. The minimum absolute atomic E-state index is 0.331. The van der Waals surface area contributed by atoms with Crippen molar-refractivity contribution in [2.75, 3.05) is 6.54 Å². The van der Waals surface area contributed by atoms with Crippen molar-refractivity contribution in [3.05, 3.63) is 70.6 Å². The summed E-state index contributed by atoms with van der Waals surface area (Å²) >= 11 is 5.97. The first-order chi connectivity index (χ1) is 14.0. The molecule has 1 aromatic carbocycles. The number of carbonyl (C=O) groups excluding carboxylic acids is 1. The van der Waals surface area contributed by atoms with Crippen LogP contribution in [-0.4, -0.2) is 43.7 Å². The standard InChI is InChI=1S/C20H18ClN5O3/c21-14-3-1-2-13(10-14)18(19(27)28)23-20(29)26-9-6-16-15(11-26)17(25-24-16)12-4-7-22-8-5-12/h1-5,7-8,10,18H,6,9,11H2,(H,23,29)(H,24,25)(H,27,28). The molecule has 8 nitrogen and oxygen atoms in total. The summed E-state index contributed by atoms with van der Waals surface area (Å²) in [6.07, 6.45) is 3.98. The third kappa shape index (κ3) is 3.93. The van der Waals surface area contributed by atoms with Crippen LogP contribution in [0.15, 0.2) is 48.8 Å². The molecular weight excluding hydrogens is 394 g/mol. The van der Waals surface area contributed by atoms with Crippen molar-refractivity contribution in [1.29, 1.82) is 0 Å². The maximum atomic E-state index is 12.8. The number of hydrogen-bond acceptors (Lipinski definition) is 4. The van der Waals surface area contributed by atoms with Crippen LogP contribution in [0.4, 0.5) is 4.79 Å². The van der Waals surface area contributed by atoms with E-state index < -0.39 is 18.0 Å². The number of carboxylic acids is 1. The molecule has 2 amide bonds. The summed E-state index contributed by atoms with van der Waals surface area (Å²) < 4.78 is 0. The average molecular weight is 412 g/mol. The minimum Gasteiger partial charge on any atom is -0.479 e. The molecule has 1 aliphatic heterocycles. The average Bonchev–Trinajstić information content (AvgIpc) is 3.15. The van der Waals surface area contributed by atoms with E-state index in [0.29, 0.717) is 30.1 Å². The molecule has 3 aromatic rings. The molecule has 2 aromatic heterocycles. The number of aromatic nitrogens is 3. The fourth-order valence-corrected chi connectivity index (χ4v) is 3.60. The predicted octanol–water partition coefficient (Wildman–Crippen LogP) is 3.02. The van der Waals surface area contributed by atoms with Gasteiger partial charge >= 0.3 is 12.0 Å². The largest absolute Gasteiger partial charge is 0.479 e. The number of fused-ring (bicyclic) bond motifs is 1. The Labute approximate surface area is 171 Å². The van der Waals surface area contributed by atoms with Crippen LogP contribution in [0, 0.1) is 0 Å². The highest BCUT2D eigenvalue weighted by Crippen LogP contribution is 2.28. The molecule has 0 radical (unpaired) electrons. The van der Waals surface area contributed by atoms with Crippen molar-refractivity contribution >= 4 is 23.6 Å². The highest BCUT2D eigenvalue weighted by molar-refractivity contribution is 6.30. The maximum Gasteiger partial charge on any atom is 0.330 e. The number of aliphatic carboxylic acids is 1.